The fraction of sp³-hybridized carbons (Fsp3) is 0.750. The van der Waals surface area contributed by atoms with E-state index in [-0.39, 0.29) is 4.90 Å². The number of nitrogens with zero attached hydrogens (tertiary/aromatic N) is 3. The molecule has 0 N–H and O–H groups in total. The number of hydrogen-bond acceptors (Lipinski definition) is 6. The molecule has 0 radical (unpaired) electrons. The van der Waals surface area contributed by atoms with Gasteiger partial charge in [0.05, 0.1) is 6.61 Å². The van der Waals surface area contributed by atoms with Gasteiger partial charge in [0.1, 0.15) is 10.6 Å². The maximum Gasteiger partial charge on any atom is 0.248 e. The van der Waals surface area contributed by atoms with Gasteiger partial charge in [-0.25, -0.2) is 8.42 Å². The maximum absolute atomic E-state index is 12.6. The van der Waals surface area contributed by atoms with Crippen LogP contribution in [0.1, 0.15) is 11.5 Å². The molecular weight excluding hydrogens is 282 g/mol. The smallest absolute Gasteiger partial charge is 0.248 e. The molecular formula is C12H21N3O4S. The third-order valence-corrected chi connectivity index (χ3v) is 5.65. The highest BCUT2D eigenvalue weighted by atomic mass is 32.2. The first kappa shape index (κ1) is 15.4. The van der Waals surface area contributed by atoms with Crippen molar-refractivity contribution in [3.05, 3.63) is 11.5 Å². The first-order valence-electron chi connectivity index (χ1n) is 6.61. The van der Waals surface area contributed by atoms with E-state index in [1.165, 1.54) is 4.31 Å². The Balaban J connectivity index is 2.06. The SMILES string of the molecule is COCCN1CCN(S(=O)(=O)c2c(C)noc2C)CC1. The summed E-state index contributed by atoms with van der Waals surface area (Å²) in [6.45, 7) is 7.16. The molecule has 2 rings (SSSR count). The normalized spacial score (nSPS) is 18.6. The molecule has 1 aliphatic heterocycles. The molecule has 0 saturated carbocycles. The Morgan fingerprint density at radius 3 is 2.40 bits per heavy atom. The maximum atomic E-state index is 12.6. The van der Waals surface area contributed by atoms with Gasteiger partial charge >= 0.3 is 0 Å². The topological polar surface area (TPSA) is 75.9 Å². The van der Waals surface area contributed by atoms with Crippen molar-refractivity contribution in [3.8, 4) is 0 Å². The van der Waals surface area contributed by atoms with Gasteiger partial charge in [0.25, 0.3) is 0 Å². The van der Waals surface area contributed by atoms with Crippen molar-refractivity contribution in [3.63, 3.8) is 0 Å². The summed E-state index contributed by atoms with van der Waals surface area (Å²) in [7, 11) is -1.84. The van der Waals surface area contributed by atoms with Crippen molar-refractivity contribution in [1.29, 1.82) is 0 Å². The lowest BCUT2D eigenvalue weighted by molar-refractivity contribution is 0.123. The zero-order valence-corrected chi connectivity index (χ0v) is 12.9. The van der Waals surface area contributed by atoms with E-state index in [9.17, 15) is 8.42 Å². The molecule has 0 amide bonds. The summed E-state index contributed by atoms with van der Waals surface area (Å²) in [5.41, 5.74) is 0.421. The summed E-state index contributed by atoms with van der Waals surface area (Å²) in [5.74, 6) is 0.351. The Morgan fingerprint density at radius 2 is 1.90 bits per heavy atom. The highest BCUT2D eigenvalue weighted by Gasteiger charge is 2.33. The number of aryl methyl sites for hydroxylation is 2. The summed E-state index contributed by atoms with van der Waals surface area (Å²) >= 11 is 0. The summed E-state index contributed by atoms with van der Waals surface area (Å²) in [4.78, 5) is 2.41. The number of piperazine rings is 1. The number of sulfonamides is 1. The molecule has 1 saturated heterocycles. The van der Waals surface area contributed by atoms with Gasteiger partial charge in [-0.05, 0) is 13.8 Å². The number of ether oxygens (including phenoxy) is 1. The summed E-state index contributed by atoms with van der Waals surface area (Å²) in [6, 6.07) is 0. The zero-order valence-electron chi connectivity index (χ0n) is 12.1. The highest BCUT2D eigenvalue weighted by molar-refractivity contribution is 7.89. The van der Waals surface area contributed by atoms with Crippen LogP contribution in [-0.4, -0.2) is 69.2 Å². The molecule has 0 spiro atoms. The first-order valence-corrected chi connectivity index (χ1v) is 8.05. The van der Waals surface area contributed by atoms with Gasteiger partial charge in [0.15, 0.2) is 5.76 Å². The average Bonchev–Trinajstić information content (AvgIpc) is 2.77. The number of hydrogen-bond donors (Lipinski definition) is 0. The van der Waals surface area contributed by atoms with Crippen LogP contribution >= 0.6 is 0 Å². The molecule has 1 fully saturated rings. The van der Waals surface area contributed by atoms with Crippen molar-refractivity contribution < 1.29 is 17.7 Å². The molecule has 20 heavy (non-hydrogen) atoms. The lowest BCUT2D eigenvalue weighted by atomic mass is 10.3. The molecule has 7 nitrogen and oxygen atoms in total. The van der Waals surface area contributed by atoms with Crippen molar-refractivity contribution >= 4 is 10.0 Å². The Hall–Kier alpha value is -0.960. The van der Waals surface area contributed by atoms with Crippen LogP contribution in [0.2, 0.25) is 0 Å². The molecule has 0 aromatic carbocycles. The molecule has 1 aromatic heterocycles. The van der Waals surface area contributed by atoms with E-state index in [0.717, 1.165) is 6.54 Å². The third-order valence-electron chi connectivity index (χ3n) is 3.51. The van der Waals surface area contributed by atoms with E-state index >= 15 is 0 Å². The fourth-order valence-corrected chi connectivity index (χ4v) is 4.10. The van der Waals surface area contributed by atoms with Crippen molar-refractivity contribution in [2.45, 2.75) is 18.7 Å². The van der Waals surface area contributed by atoms with Crippen molar-refractivity contribution in [2.75, 3.05) is 46.4 Å². The Labute approximate surface area is 119 Å². The van der Waals surface area contributed by atoms with Gasteiger partial charge in [-0.3, -0.25) is 4.90 Å². The minimum absolute atomic E-state index is 0.211. The number of rotatable bonds is 5. The van der Waals surface area contributed by atoms with E-state index in [1.807, 2.05) is 0 Å². The minimum atomic E-state index is -3.50. The predicted octanol–water partition coefficient (Wildman–Crippen LogP) is 0.244. The minimum Gasteiger partial charge on any atom is -0.383 e. The second-order valence-corrected chi connectivity index (χ2v) is 6.77. The van der Waals surface area contributed by atoms with Crippen LogP contribution in [0, 0.1) is 13.8 Å². The van der Waals surface area contributed by atoms with Crippen LogP contribution in [0.25, 0.3) is 0 Å². The van der Waals surface area contributed by atoms with Crippen molar-refractivity contribution in [1.82, 2.24) is 14.4 Å². The third kappa shape index (κ3) is 3.03. The van der Waals surface area contributed by atoms with E-state index in [4.69, 9.17) is 9.26 Å². The van der Waals surface area contributed by atoms with Gasteiger partial charge in [-0.2, -0.15) is 4.31 Å². The molecule has 1 aromatic rings. The standard InChI is InChI=1S/C12H21N3O4S/c1-10-12(11(2)19-13-10)20(16,17)15-6-4-14(5-7-15)8-9-18-3/h4-9H2,1-3H3. The second kappa shape index (κ2) is 6.21. The Kier molecular flexibility index (Phi) is 4.79. The summed E-state index contributed by atoms with van der Waals surface area (Å²) in [6.07, 6.45) is 0. The monoisotopic (exact) mass is 303 g/mol. The van der Waals surface area contributed by atoms with Gasteiger partial charge in [-0.1, -0.05) is 5.16 Å². The molecule has 0 unspecified atom stereocenters. The largest absolute Gasteiger partial charge is 0.383 e. The molecule has 1 aliphatic rings. The van der Waals surface area contributed by atoms with E-state index in [1.54, 1.807) is 21.0 Å². The molecule has 0 aliphatic carbocycles. The lowest BCUT2D eigenvalue weighted by Crippen LogP contribution is -2.49. The van der Waals surface area contributed by atoms with Crippen LogP contribution < -0.4 is 0 Å². The van der Waals surface area contributed by atoms with E-state index in [0.29, 0.717) is 44.2 Å². The van der Waals surface area contributed by atoms with E-state index in [2.05, 4.69) is 10.1 Å². The van der Waals surface area contributed by atoms with Gasteiger partial charge in [0, 0.05) is 39.8 Å². The molecule has 0 atom stereocenters. The highest BCUT2D eigenvalue weighted by Crippen LogP contribution is 2.24. The van der Waals surface area contributed by atoms with Crippen LogP contribution in [0.3, 0.4) is 0 Å². The molecule has 0 bridgehead atoms. The average molecular weight is 303 g/mol. The summed E-state index contributed by atoms with van der Waals surface area (Å²) in [5, 5.41) is 3.72. The molecule has 8 heteroatoms. The second-order valence-electron chi connectivity index (χ2n) is 4.89. The quantitative estimate of drug-likeness (QED) is 0.776. The van der Waals surface area contributed by atoms with E-state index < -0.39 is 10.0 Å². The Bertz CT molecular complexity index is 528. The Morgan fingerprint density at radius 1 is 1.25 bits per heavy atom. The van der Waals surface area contributed by atoms with Crippen LogP contribution in [-0.2, 0) is 14.8 Å². The van der Waals surface area contributed by atoms with Crippen LogP contribution in [0.4, 0.5) is 0 Å². The lowest BCUT2D eigenvalue weighted by Gasteiger charge is -2.33. The molecule has 2 heterocycles. The van der Waals surface area contributed by atoms with Crippen molar-refractivity contribution in [2.24, 2.45) is 0 Å². The fourth-order valence-electron chi connectivity index (χ4n) is 2.39. The molecule has 114 valence electrons. The van der Waals surface area contributed by atoms with Crippen LogP contribution in [0.15, 0.2) is 9.42 Å². The van der Waals surface area contributed by atoms with Gasteiger partial charge in [0.2, 0.25) is 10.0 Å². The predicted molar refractivity (Wildman–Crippen MR) is 73.1 cm³/mol. The summed E-state index contributed by atoms with van der Waals surface area (Å²) < 4.78 is 36.7. The van der Waals surface area contributed by atoms with Gasteiger partial charge < -0.3 is 9.26 Å². The van der Waals surface area contributed by atoms with Gasteiger partial charge in [-0.15, -0.1) is 0 Å². The first-order chi connectivity index (χ1) is 9.46. The number of methoxy groups -OCH3 is 1. The van der Waals surface area contributed by atoms with Crippen LogP contribution in [0.5, 0.6) is 0 Å². The zero-order chi connectivity index (χ0) is 14.8. The number of aromatic nitrogens is 1.